The minimum absolute atomic E-state index is 0.0785. The Kier molecular flexibility index (Phi) is 4.78. The average molecular weight is 498 g/mol. The Bertz CT molecular complexity index is 1760. The van der Waals surface area contributed by atoms with Gasteiger partial charge >= 0.3 is 0 Å². The van der Waals surface area contributed by atoms with Crippen LogP contribution in [0.4, 0.5) is 5.69 Å². The highest BCUT2D eigenvalue weighted by Gasteiger charge is 2.29. The molecule has 11 heteroatoms. The van der Waals surface area contributed by atoms with Crippen LogP contribution in [0.1, 0.15) is 36.0 Å². The van der Waals surface area contributed by atoms with E-state index < -0.39 is 0 Å². The highest BCUT2D eigenvalue weighted by Crippen LogP contribution is 2.38. The van der Waals surface area contributed by atoms with Crippen molar-refractivity contribution in [3.8, 4) is 11.5 Å². The number of carbonyl (C=O) groups is 1. The number of anilines is 1. The molecule has 2 aliphatic rings. The molecule has 0 spiro atoms. The summed E-state index contributed by atoms with van der Waals surface area (Å²) in [5.41, 5.74) is 2.94. The van der Waals surface area contributed by atoms with Crippen molar-refractivity contribution in [1.29, 1.82) is 0 Å². The molecule has 0 saturated heterocycles. The van der Waals surface area contributed by atoms with E-state index in [0.717, 1.165) is 29.3 Å². The number of hydrogen-bond donors (Lipinski definition) is 1. The molecule has 0 radical (unpaired) electrons. The number of benzene rings is 2. The van der Waals surface area contributed by atoms with Gasteiger partial charge in [-0.2, -0.15) is 4.98 Å². The molecule has 0 atom stereocenters. The van der Waals surface area contributed by atoms with Gasteiger partial charge in [0.15, 0.2) is 17.3 Å². The molecule has 1 aliphatic heterocycles. The van der Waals surface area contributed by atoms with Gasteiger partial charge in [0.2, 0.25) is 18.6 Å². The summed E-state index contributed by atoms with van der Waals surface area (Å²) in [6.45, 7) is 2.15. The van der Waals surface area contributed by atoms with Gasteiger partial charge in [-0.3, -0.25) is 14.2 Å². The van der Waals surface area contributed by atoms with Crippen molar-refractivity contribution in [2.24, 2.45) is 0 Å². The second-order valence-corrected chi connectivity index (χ2v) is 9.42. The van der Waals surface area contributed by atoms with Gasteiger partial charge < -0.3 is 23.9 Å². The van der Waals surface area contributed by atoms with Crippen LogP contribution < -0.4 is 20.3 Å². The summed E-state index contributed by atoms with van der Waals surface area (Å²) in [6, 6.07) is 11.0. The van der Waals surface area contributed by atoms with Gasteiger partial charge in [-0.05, 0) is 44.0 Å². The number of rotatable bonds is 6. The number of hydrogen-bond acceptors (Lipinski definition) is 8. The zero-order chi connectivity index (χ0) is 25.1. The predicted molar refractivity (Wildman–Crippen MR) is 133 cm³/mol. The lowest BCUT2D eigenvalue weighted by Crippen LogP contribution is -2.25. The predicted octanol–water partition coefficient (Wildman–Crippen LogP) is 3.34. The van der Waals surface area contributed by atoms with Crippen molar-refractivity contribution < 1.29 is 18.8 Å². The zero-order valence-corrected chi connectivity index (χ0v) is 19.9. The molecule has 0 unspecified atom stereocenters. The van der Waals surface area contributed by atoms with E-state index in [0.29, 0.717) is 45.9 Å². The van der Waals surface area contributed by atoms with E-state index >= 15 is 0 Å². The molecule has 186 valence electrons. The van der Waals surface area contributed by atoms with Crippen molar-refractivity contribution in [2.45, 2.75) is 38.8 Å². The molecule has 1 aliphatic carbocycles. The molecule has 11 nitrogen and oxygen atoms in total. The minimum atomic E-state index is -0.293. The van der Waals surface area contributed by atoms with Crippen molar-refractivity contribution in [1.82, 2.24) is 24.3 Å². The topological polar surface area (TPSA) is 126 Å². The Morgan fingerprint density at radius 3 is 2.86 bits per heavy atom. The quantitative estimate of drug-likeness (QED) is 0.378. The van der Waals surface area contributed by atoms with Gasteiger partial charge in [-0.15, -0.1) is 0 Å². The Hall–Kier alpha value is -4.67. The summed E-state index contributed by atoms with van der Waals surface area (Å²) in [7, 11) is 0. The first-order valence-corrected chi connectivity index (χ1v) is 12.0. The number of aryl methyl sites for hydroxylation is 1. The molecule has 1 N–H and O–H groups in total. The highest BCUT2D eigenvalue weighted by molar-refractivity contribution is 6.06. The Labute approximate surface area is 209 Å². The molecule has 1 amide bonds. The van der Waals surface area contributed by atoms with Crippen LogP contribution in [0.25, 0.3) is 21.9 Å². The van der Waals surface area contributed by atoms with Crippen molar-refractivity contribution in [2.75, 3.05) is 12.1 Å². The largest absolute Gasteiger partial charge is 0.454 e. The lowest BCUT2D eigenvalue weighted by molar-refractivity contribution is -0.116. The third-order valence-corrected chi connectivity index (χ3v) is 6.67. The molecule has 4 heterocycles. The lowest BCUT2D eigenvalue weighted by atomic mass is 10.1. The van der Waals surface area contributed by atoms with E-state index in [4.69, 9.17) is 14.0 Å². The summed E-state index contributed by atoms with van der Waals surface area (Å²) in [5.74, 6) is 2.30. The Morgan fingerprint density at radius 2 is 2.00 bits per heavy atom. The first kappa shape index (κ1) is 21.6. The molecule has 5 aromatic rings. The maximum absolute atomic E-state index is 13.7. The van der Waals surface area contributed by atoms with Crippen LogP contribution in [0, 0.1) is 6.92 Å². The lowest BCUT2D eigenvalue weighted by Gasteiger charge is -2.10. The monoisotopic (exact) mass is 498 g/mol. The first-order valence-electron chi connectivity index (χ1n) is 12.0. The van der Waals surface area contributed by atoms with Gasteiger partial charge in [0, 0.05) is 23.1 Å². The Balaban J connectivity index is 1.26. The fraction of sp³-hybridized carbons (Fsp3) is 0.269. The number of nitrogens with one attached hydrogen (secondary N) is 1. The maximum atomic E-state index is 13.7. The molecular formula is C26H22N6O5. The Morgan fingerprint density at radius 1 is 1.14 bits per heavy atom. The molecule has 2 aromatic carbocycles. The van der Waals surface area contributed by atoms with Crippen molar-refractivity contribution >= 4 is 33.5 Å². The molecule has 37 heavy (non-hydrogen) atoms. The fourth-order valence-corrected chi connectivity index (χ4v) is 4.69. The number of carbonyl (C=O) groups excluding carboxylic acids is 1. The van der Waals surface area contributed by atoms with E-state index in [-0.39, 0.29) is 31.3 Å². The van der Waals surface area contributed by atoms with Crippen LogP contribution in [0.3, 0.4) is 0 Å². The fourth-order valence-electron chi connectivity index (χ4n) is 4.69. The SMILES string of the molecule is Cc1ccc2c(c1)c1ncn(Cc3nc(C4CC4)no3)c(=O)c1n2CC(=O)Nc1ccc2c(c1)OCO2. The van der Waals surface area contributed by atoms with Gasteiger partial charge in [-0.25, -0.2) is 4.98 Å². The molecular weight excluding hydrogens is 476 g/mol. The van der Waals surface area contributed by atoms with Crippen LogP contribution in [-0.2, 0) is 17.9 Å². The van der Waals surface area contributed by atoms with Crippen LogP contribution >= 0.6 is 0 Å². The zero-order valence-electron chi connectivity index (χ0n) is 19.9. The van der Waals surface area contributed by atoms with Crippen molar-refractivity contribution in [3.05, 3.63) is 70.4 Å². The second kappa shape index (κ2) is 8.19. The average Bonchev–Trinajstić information content (AvgIpc) is 3.31. The maximum Gasteiger partial charge on any atom is 0.278 e. The van der Waals surface area contributed by atoms with E-state index in [1.165, 1.54) is 10.9 Å². The van der Waals surface area contributed by atoms with Gasteiger partial charge in [-0.1, -0.05) is 16.8 Å². The van der Waals surface area contributed by atoms with Crippen LogP contribution in [0.2, 0.25) is 0 Å². The van der Waals surface area contributed by atoms with E-state index in [2.05, 4.69) is 20.4 Å². The normalized spacial score (nSPS) is 14.5. The summed E-state index contributed by atoms with van der Waals surface area (Å²) in [4.78, 5) is 35.8. The molecule has 3 aromatic heterocycles. The van der Waals surface area contributed by atoms with Crippen molar-refractivity contribution in [3.63, 3.8) is 0 Å². The number of aromatic nitrogens is 5. The number of ether oxygens (including phenoxy) is 2. The van der Waals surface area contributed by atoms with Crippen LogP contribution in [-0.4, -0.2) is 37.0 Å². The standard InChI is InChI=1S/C26H22N6O5/c1-14-2-6-18-17(8-14)23-24(26(34)31(12-27-23)11-22-29-25(30-37-22)15-3-4-15)32(18)10-21(33)28-16-5-7-19-20(9-16)36-13-35-19/h2,5-9,12,15H,3-4,10-11,13H2,1H3,(H,28,33). The van der Waals surface area contributed by atoms with Crippen LogP contribution in [0.15, 0.2) is 52.0 Å². The number of amides is 1. The van der Waals surface area contributed by atoms with Crippen LogP contribution in [0.5, 0.6) is 11.5 Å². The van der Waals surface area contributed by atoms with Gasteiger partial charge in [0.1, 0.15) is 24.1 Å². The minimum Gasteiger partial charge on any atom is -0.454 e. The van der Waals surface area contributed by atoms with Gasteiger partial charge in [0.25, 0.3) is 5.56 Å². The molecule has 1 fully saturated rings. The molecule has 0 bridgehead atoms. The van der Waals surface area contributed by atoms with E-state index in [1.807, 2.05) is 25.1 Å². The first-order chi connectivity index (χ1) is 18.0. The summed E-state index contributed by atoms with van der Waals surface area (Å²) < 4.78 is 19.2. The molecule has 7 rings (SSSR count). The third kappa shape index (κ3) is 3.79. The molecule has 1 saturated carbocycles. The van der Waals surface area contributed by atoms with Gasteiger partial charge in [0.05, 0.1) is 11.8 Å². The summed E-state index contributed by atoms with van der Waals surface area (Å²) >= 11 is 0. The summed E-state index contributed by atoms with van der Waals surface area (Å²) in [5, 5.41) is 7.73. The summed E-state index contributed by atoms with van der Waals surface area (Å²) in [6.07, 6.45) is 3.60. The van der Waals surface area contributed by atoms with E-state index in [9.17, 15) is 9.59 Å². The third-order valence-electron chi connectivity index (χ3n) is 6.67. The smallest absolute Gasteiger partial charge is 0.278 e. The number of nitrogens with zero attached hydrogens (tertiary/aromatic N) is 5. The van der Waals surface area contributed by atoms with E-state index in [1.54, 1.807) is 22.8 Å². The highest BCUT2D eigenvalue weighted by atomic mass is 16.7. The number of fused-ring (bicyclic) bond motifs is 4. The second-order valence-electron chi connectivity index (χ2n) is 9.42.